The van der Waals surface area contributed by atoms with E-state index in [0.717, 1.165) is 22.7 Å². The van der Waals surface area contributed by atoms with Gasteiger partial charge in [-0.1, -0.05) is 24.3 Å². The molecule has 0 saturated heterocycles. The Morgan fingerprint density at radius 2 is 0.812 bits per heavy atom. The molecule has 2 N–H and O–H groups in total. The van der Waals surface area contributed by atoms with E-state index in [2.05, 4.69) is 34.9 Å². The molecule has 0 atom stereocenters. The third kappa shape index (κ3) is 2.65. The van der Waals surface area contributed by atoms with E-state index in [1.807, 2.05) is 24.3 Å². The second-order valence-corrected chi connectivity index (χ2v) is 3.34. The van der Waals surface area contributed by atoms with Crippen molar-refractivity contribution in [3.63, 3.8) is 0 Å². The molecule has 0 aliphatic carbocycles. The summed E-state index contributed by atoms with van der Waals surface area (Å²) in [5.74, 6) is 0. The van der Waals surface area contributed by atoms with Crippen molar-refractivity contribution in [2.24, 2.45) is 0 Å². The summed E-state index contributed by atoms with van der Waals surface area (Å²) in [4.78, 5) is 0. The molecule has 0 amide bonds. The van der Waals surface area contributed by atoms with Crippen molar-refractivity contribution in [1.82, 2.24) is 0 Å². The molecule has 0 unspecified atom stereocenters. The zero-order valence-corrected chi connectivity index (χ0v) is 13.6. The first-order valence-electron chi connectivity index (χ1n) is 4.65. The fourth-order valence-electron chi connectivity index (χ4n) is 1.69. The van der Waals surface area contributed by atoms with Crippen LogP contribution >= 0.6 is 0 Å². The molecule has 0 bridgehead atoms. The first kappa shape index (κ1) is 14.1. The number of nitrogens with one attached hydrogen (secondary N) is 2. The largest absolute Gasteiger partial charge is 1.00 e. The second kappa shape index (κ2) is 6.10. The topological polar surface area (TPSA) is 24.1 Å². The third-order valence-corrected chi connectivity index (χ3v) is 2.39. The maximum atomic E-state index is 3.38. The molecular formula is C12H12N2Na2. The summed E-state index contributed by atoms with van der Waals surface area (Å²) < 4.78 is 0. The Labute approximate surface area is 142 Å². The number of anilines is 4. The monoisotopic (exact) mass is 230 g/mol. The zero-order chi connectivity index (χ0) is 9.38. The third-order valence-electron chi connectivity index (χ3n) is 2.39. The van der Waals surface area contributed by atoms with E-state index in [9.17, 15) is 0 Å². The Kier molecular flexibility index (Phi) is 5.38. The molecule has 0 saturated carbocycles. The van der Waals surface area contributed by atoms with Crippen molar-refractivity contribution in [2.45, 2.75) is 0 Å². The van der Waals surface area contributed by atoms with Crippen LogP contribution in [0.5, 0.6) is 0 Å². The molecule has 3 rings (SSSR count). The van der Waals surface area contributed by atoms with Crippen LogP contribution in [0.3, 0.4) is 0 Å². The summed E-state index contributed by atoms with van der Waals surface area (Å²) in [6, 6.07) is 16.4. The van der Waals surface area contributed by atoms with Gasteiger partial charge in [-0.3, -0.25) is 0 Å². The molecule has 2 aromatic carbocycles. The van der Waals surface area contributed by atoms with E-state index >= 15 is 0 Å². The zero-order valence-electron chi connectivity index (χ0n) is 11.6. The molecule has 1 aliphatic heterocycles. The van der Waals surface area contributed by atoms with Gasteiger partial charge in [0.25, 0.3) is 0 Å². The summed E-state index contributed by atoms with van der Waals surface area (Å²) in [5.41, 5.74) is 4.52. The fraction of sp³-hybridized carbons (Fsp3) is 0. The number of hydrogen-bond donors (Lipinski definition) is 2. The maximum Gasteiger partial charge on any atom is 1.00 e. The molecule has 1 heterocycles. The predicted octanol–water partition coefficient (Wildman–Crippen LogP) is -2.28. The molecule has 0 fully saturated rings. The Balaban J connectivity index is 0. The molecule has 72 valence electrons. The number of fused-ring (bicyclic) bond motifs is 2. The van der Waals surface area contributed by atoms with Gasteiger partial charge in [-0.05, 0) is 24.3 Å². The first-order valence-corrected chi connectivity index (χ1v) is 4.65. The van der Waals surface area contributed by atoms with E-state index in [-0.39, 0.29) is 62.0 Å². The summed E-state index contributed by atoms with van der Waals surface area (Å²) in [6.45, 7) is 0. The molecule has 2 nitrogen and oxygen atoms in total. The van der Waals surface area contributed by atoms with Crippen molar-refractivity contribution in [3.8, 4) is 0 Å². The maximum absolute atomic E-state index is 3.38. The molecule has 2 aromatic rings. The van der Waals surface area contributed by atoms with Gasteiger partial charge in [-0.2, -0.15) is 0 Å². The molecule has 1 aliphatic rings. The molecule has 16 heavy (non-hydrogen) atoms. The van der Waals surface area contributed by atoms with Crippen LogP contribution < -0.4 is 69.7 Å². The Hall–Kier alpha value is 0.0400. The number of benzene rings is 2. The van der Waals surface area contributed by atoms with Crippen molar-refractivity contribution in [2.75, 3.05) is 10.6 Å². The van der Waals surface area contributed by atoms with Crippen molar-refractivity contribution < 1.29 is 62.0 Å². The van der Waals surface area contributed by atoms with Gasteiger partial charge < -0.3 is 13.5 Å². The van der Waals surface area contributed by atoms with Crippen LogP contribution in [0.25, 0.3) is 0 Å². The van der Waals surface area contributed by atoms with Gasteiger partial charge in [0.1, 0.15) is 0 Å². The van der Waals surface area contributed by atoms with Crippen LogP contribution in [-0.4, -0.2) is 0 Å². The summed E-state index contributed by atoms with van der Waals surface area (Å²) in [5, 5.41) is 6.76. The average Bonchev–Trinajstić information content (AvgIpc) is 2.26. The van der Waals surface area contributed by atoms with E-state index in [1.165, 1.54) is 0 Å². The van der Waals surface area contributed by atoms with E-state index in [0.29, 0.717) is 0 Å². The van der Waals surface area contributed by atoms with Crippen LogP contribution in [-0.2, 0) is 0 Å². The van der Waals surface area contributed by atoms with Crippen LogP contribution in [0, 0.1) is 0 Å². The summed E-state index contributed by atoms with van der Waals surface area (Å²) in [6.07, 6.45) is 0. The van der Waals surface area contributed by atoms with Gasteiger partial charge in [0.05, 0.1) is 22.7 Å². The Morgan fingerprint density at radius 3 is 1.06 bits per heavy atom. The molecule has 0 spiro atoms. The number of para-hydroxylation sites is 4. The van der Waals surface area contributed by atoms with Gasteiger partial charge >= 0.3 is 59.1 Å². The number of rotatable bonds is 0. The normalized spacial score (nSPS) is 10.5. The standard InChI is InChI=1S/C12H10N2.2Na.2H/c1-2-6-10-9(5-1)13-11-7-3-4-8-12(11)14-10;;;;/h1-8,13-14H;;;;/q;2*+1;2*-1. The molecular weight excluding hydrogens is 218 g/mol. The van der Waals surface area contributed by atoms with Crippen molar-refractivity contribution in [1.29, 1.82) is 0 Å². The van der Waals surface area contributed by atoms with Gasteiger partial charge in [-0.25, -0.2) is 0 Å². The smallest absolute Gasteiger partial charge is 1.00 e. The molecule has 0 aromatic heterocycles. The quantitative estimate of drug-likeness (QED) is 0.425. The van der Waals surface area contributed by atoms with Crippen molar-refractivity contribution in [3.05, 3.63) is 48.5 Å². The minimum atomic E-state index is 0. The van der Waals surface area contributed by atoms with E-state index in [1.54, 1.807) is 0 Å². The van der Waals surface area contributed by atoms with E-state index in [4.69, 9.17) is 0 Å². The minimum Gasteiger partial charge on any atom is -1.00 e. The van der Waals surface area contributed by atoms with Gasteiger partial charge in [0.2, 0.25) is 0 Å². The van der Waals surface area contributed by atoms with Crippen LogP contribution in [0.4, 0.5) is 22.7 Å². The van der Waals surface area contributed by atoms with Crippen LogP contribution in [0.1, 0.15) is 2.85 Å². The summed E-state index contributed by atoms with van der Waals surface area (Å²) in [7, 11) is 0. The Morgan fingerprint density at radius 1 is 0.562 bits per heavy atom. The summed E-state index contributed by atoms with van der Waals surface area (Å²) >= 11 is 0. The number of hydrogen-bond acceptors (Lipinski definition) is 2. The van der Waals surface area contributed by atoms with Gasteiger partial charge in [-0.15, -0.1) is 0 Å². The first-order chi connectivity index (χ1) is 6.93. The van der Waals surface area contributed by atoms with Crippen molar-refractivity contribution >= 4 is 22.7 Å². The average molecular weight is 230 g/mol. The van der Waals surface area contributed by atoms with Crippen LogP contribution in [0.15, 0.2) is 48.5 Å². The predicted molar refractivity (Wildman–Crippen MR) is 61.7 cm³/mol. The second-order valence-electron chi connectivity index (χ2n) is 3.34. The molecule has 4 heteroatoms. The Bertz CT molecular complexity index is 408. The van der Waals surface area contributed by atoms with Gasteiger partial charge in [0.15, 0.2) is 0 Å². The minimum absolute atomic E-state index is 0. The fourth-order valence-corrected chi connectivity index (χ4v) is 1.69. The SMILES string of the molecule is [H-].[H-].[Na+].[Na+].c1ccc2c(c1)Nc1ccccc1N2. The van der Waals surface area contributed by atoms with Crippen LogP contribution in [0.2, 0.25) is 0 Å². The molecule has 0 radical (unpaired) electrons. The van der Waals surface area contributed by atoms with Gasteiger partial charge in [0, 0.05) is 0 Å². The van der Waals surface area contributed by atoms with E-state index < -0.39 is 0 Å².